The first-order valence-corrected chi connectivity index (χ1v) is 3.10. The van der Waals surface area contributed by atoms with Crippen LogP contribution in [0.1, 0.15) is 0 Å². The van der Waals surface area contributed by atoms with Gasteiger partial charge in [0, 0.05) is 52.9 Å². The summed E-state index contributed by atoms with van der Waals surface area (Å²) in [5.74, 6) is 0. The molecule has 0 bridgehead atoms. The molecule has 0 rings (SSSR count). The van der Waals surface area contributed by atoms with Crippen molar-refractivity contribution in [3.8, 4) is 0 Å². The Morgan fingerprint density at radius 1 is 1.50 bits per heavy atom. The molecule has 3 nitrogen and oxygen atoms in total. The van der Waals surface area contributed by atoms with Gasteiger partial charge >= 0.3 is 0 Å². The monoisotopic (exact) mass is 254 g/mol. The van der Waals surface area contributed by atoms with Crippen molar-refractivity contribution in [2.45, 2.75) is 0 Å². The van der Waals surface area contributed by atoms with Gasteiger partial charge in [-0.2, -0.15) is 4.21 Å². The minimum absolute atomic E-state index is 0. The Morgan fingerprint density at radius 3 is 1.50 bits per heavy atom. The molecule has 0 unspecified atom stereocenters. The third-order valence-electron chi connectivity index (χ3n) is 0. The molecule has 2 N–H and O–H groups in total. The van der Waals surface area contributed by atoms with E-state index >= 15 is 0 Å². The van der Waals surface area contributed by atoms with Crippen LogP contribution >= 0.6 is 0 Å². The van der Waals surface area contributed by atoms with Crippen molar-refractivity contribution in [2.75, 3.05) is 0 Å². The van der Waals surface area contributed by atoms with Crippen molar-refractivity contribution in [1.82, 2.24) is 0 Å². The largest absolute Gasteiger partial charge is 0.285 e. The molecule has 6 heavy (non-hydrogen) atoms. The Labute approximate surface area is 74.2 Å². The molecule has 36 valence electrons. The van der Waals surface area contributed by atoms with Crippen LogP contribution in [-0.2, 0) is 20.2 Å². The molecule has 0 saturated carbocycles. The summed E-state index contributed by atoms with van der Waals surface area (Å²) in [6.45, 7) is 0. The van der Waals surface area contributed by atoms with Gasteiger partial charge in [-0.25, -0.2) is 0 Å². The molecule has 0 aliphatic carbocycles. The molecule has 6 heteroatoms. The fourth-order valence-corrected chi connectivity index (χ4v) is 0. The van der Waals surface area contributed by atoms with Crippen molar-refractivity contribution in [3.05, 3.63) is 0 Å². The zero-order valence-electron chi connectivity index (χ0n) is 2.62. The molecule has 0 radical (unpaired) electrons. The molecule has 0 aromatic heterocycles. The summed E-state index contributed by atoms with van der Waals surface area (Å²) in [6, 6.07) is 0. The third kappa shape index (κ3) is 44.4. The maximum atomic E-state index is 9.11. The maximum absolute atomic E-state index is 9.11. The molecule has 0 atom stereocenters. The van der Waals surface area contributed by atoms with Gasteiger partial charge in [0.2, 0.25) is 0 Å². The molecule has 0 aliphatic heterocycles. The van der Waals surface area contributed by atoms with Crippen LogP contribution in [-0.4, -0.2) is 13.3 Å². The van der Waals surface area contributed by atoms with Gasteiger partial charge in [0.25, 0.3) is 9.05 Å². The van der Waals surface area contributed by atoms with Crippen LogP contribution in [0.5, 0.6) is 0 Å². The van der Waals surface area contributed by atoms with Crippen LogP contribution in [0, 0.1) is 41.7 Å². The summed E-state index contributed by atoms with van der Waals surface area (Å²) in [4.78, 5) is 0. The van der Waals surface area contributed by atoms with Crippen molar-refractivity contribution in [1.29, 1.82) is 0 Å². The van der Waals surface area contributed by atoms with E-state index in [0.717, 1.165) is 0 Å². The van der Waals surface area contributed by atoms with Crippen LogP contribution < -0.4 is 0 Å². The number of rotatable bonds is 0. The zero-order chi connectivity index (χ0) is 4.50. The summed E-state index contributed by atoms with van der Waals surface area (Å²) >= 11 is 3.47. The number of hydrogen-bond acceptors (Lipinski definition) is 2. The van der Waals surface area contributed by atoms with E-state index in [4.69, 9.17) is 13.3 Å². The first-order chi connectivity index (χ1) is 2.00. The summed E-state index contributed by atoms with van der Waals surface area (Å²) in [5.41, 5.74) is 0. The van der Waals surface area contributed by atoms with Gasteiger partial charge in [0.05, 0.1) is 0 Å². The van der Waals surface area contributed by atoms with Gasteiger partial charge in [-0.3, -0.25) is 9.11 Å². The molecular weight excluding hydrogens is 252 g/mol. The SMILES string of the molecule is O=S(O)(O)=S.[Ce]. The fourth-order valence-electron chi connectivity index (χ4n) is 0. The molecule has 0 aromatic rings. The first kappa shape index (κ1) is 10.6. The van der Waals surface area contributed by atoms with Crippen molar-refractivity contribution in [3.63, 3.8) is 0 Å². The minimum atomic E-state index is -3.83. The quantitative estimate of drug-likeness (QED) is 0.622. The summed E-state index contributed by atoms with van der Waals surface area (Å²) in [7, 11) is -3.83. The van der Waals surface area contributed by atoms with E-state index in [0.29, 0.717) is 0 Å². The maximum Gasteiger partial charge on any atom is 0.263 e. The van der Waals surface area contributed by atoms with Gasteiger partial charge in [0.1, 0.15) is 0 Å². The van der Waals surface area contributed by atoms with Crippen LogP contribution in [0.3, 0.4) is 0 Å². The Morgan fingerprint density at radius 2 is 1.50 bits per heavy atom. The Hall–Kier alpha value is 1.67. The number of hydrogen-bond donors (Lipinski definition) is 2. The van der Waals surface area contributed by atoms with Crippen LogP contribution in [0.25, 0.3) is 0 Å². The van der Waals surface area contributed by atoms with Crippen LogP contribution in [0.2, 0.25) is 0 Å². The van der Waals surface area contributed by atoms with Gasteiger partial charge in [0.15, 0.2) is 0 Å². The van der Waals surface area contributed by atoms with E-state index in [1.54, 1.807) is 0 Å². The Balaban J connectivity index is 0. The van der Waals surface area contributed by atoms with Gasteiger partial charge < -0.3 is 0 Å². The van der Waals surface area contributed by atoms with Gasteiger partial charge in [-0.05, 0) is 0 Å². The molecule has 0 amide bonds. The summed E-state index contributed by atoms with van der Waals surface area (Å²) < 4.78 is 24.0. The fraction of sp³-hybridized carbons (Fsp3) is 0. The normalized spacial score (nSPS) is 9.67. The second-order valence-corrected chi connectivity index (χ2v) is 2.65. The van der Waals surface area contributed by atoms with E-state index in [9.17, 15) is 0 Å². The molecule has 0 saturated heterocycles. The predicted octanol–water partition coefficient (Wildman–Crippen LogP) is -0.321. The molecule has 0 fully saturated rings. The second-order valence-electron chi connectivity index (χ2n) is 0.448. The van der Waals surface area contributed by atoms with E-state index in [-0.39, 0.29) is 41.7 Å². The Bertz CT molecular complexity index is 92.0. The molecule has 0 aromatic carbocycles. The minimum Gasteiger partial charge on any atom is -0.285 e. The van der Waals surface area contributed by atoms with E-state index in [1.807, 2.05) is 0 Å². The zero-order valence-corrected chi connectivity index (χ0v) is 7.39. The molecule has 0 heterocycles. The van der Waals surface area contributed by atoms with Crippen LogP contribution in [0.15, 0.2) is 0 Å². The van der Waals surface area contributed by atoms with Crippen molar-refractivity contribution >= 4 is 20.2 Å². The van der Waals surface area contributed by atoms with E-state index in [1.165, 1.54) is 0 Å². The smallest absolute Gasteiger partial charge is 0.263 e. The van der Waals surface area contributed by atoms with Crippen molar-refractivity contribution in [2.24, 2.45) is 0 Å². The van der Waals surface area contributed by atoms with Crippen LogP contribution in [0.4, 0.5) is 0 Å². The van der Waals surface area contributed by atoms with Gasteiger partial charge in [-0.15, -0.1) is 0 Å². The average molecular weight is 254 g/mol. The molecule has 0 aliphatic rings. The summed E-state index contributed by atoms with van der Waals surface area (Å²) in [5, 5.41) is 0. The second kappa shape index (κ2) is 3.64. The molecule has 0 spiro atoms. The third-order valence-corrected chi connectivity index (χ3v) is 0. The predicted molar refractivity (Wildman–Crippen MR) is 20.8 cm³/mol. The van der Waals surface area contributed by atoms with Gasteiger partial charge in [-0.1, -0.05) is 0 Å². The first-order valence-electron chi connectivity index (χ1n) is 0.698. The van der Waals surface area contributed by atoms with E-state index in [2.05, 4.69) is 11.2 Å². The summed E-state index contributed by atoms with van der Waals surface area (Å²) in [6.07, 6.45) is 0. The topological polar surface area (TPSA) is 57.5 Å². The molecular formula is H2CeO3S2. The average Bonchev–Trinajstić information content (AvgIpc) is 0.722. The van der Waals surface area contributed by atoms with Crippen molar-refractivity contribution < 1.29 is 55.1 Å². The Kier molecular flexibility index (Phi) is 6.44. The van der Waals surface area contributed by atoms with E-state index < -0.39 is 9.05 Å². The standard InChI is InChI=1S/Ce.H2O3S2/c;1-5(2,3)4/h;(H2,1,2,3,4).